The van der Waals surface area contributed by atoms with E-state index in [1.807, 2.05) is 26.0 Å². The molecule has 1 aromatic carbocycles. The molecule has 1 amide bonds. The van der Waals surface area contributed by atoms with E-state index in [9.17, 15) is 14.7 Å². The number of nitrogens with zero attached hydrogens (tertiary/aromatic N) is 3. The number of rotatable bonds is 6. The van der Waals surface area contributed by atoms with Gasteiger partial charge < -0.3 is 5.11 Å². The molecule has 7 heteroatoms. The second-order valence-electron chi connectivity index (χ2n) is 8.49. The van der Waals surface area contributed by atoms with Gasteiger partial charge in [0.1, 0.15) is 6.04 Å². The van der Waals surface area contributed by atoms with Crippen LogP contribution in [0.15, 0.2) is 53.9 Å². The number of aromatic nitrogens is 2. The van der Waals surface area contributed by atoms with E-state index in [4.69, 9.17) is 0 Å². The normalized spacial score (nSPS) is 16.9. The van der Waals surface area contributed by atoms with Gasteiger partial charge in [-0.2, -0.15) is 0 Å². The molecule has 3 heterocycles. The third-order valence-electron chi connectivity index (χ3n) is 5.34. The Hall–Kier alpha value is -3.06. The second-order valence-corrected chi connectivity index (χ2v) is 9.50. The van der Waals surface area contributed by atoms with Gasteiger partial charge in [0, 0.05) is 12.6 Å². The molecule has 1 atom stereocenters. The van der Waals surface area contributed by atoms with Gasteiger partial charge in [-0.3, -0.25) is 19.5 Å². The van der Waals surface area contributed by atoms with Crippen LogP contribution >= 0.6 is 11.3 Å². The van der Waals surface area contributed by atoms with Crippen LogP contribution in [0.4, 0.5) is 5.13 Å². The number of carbonyl (C=O) groups is 2. The second kappa shape index (κ2) is 8.23. The monoisotopic (exact) mass is 435 g/mol. The molecule has 0 aliphatic carbocycles. The SMILES string of the molecule is CC(C)CC(=O)C1=C(O)C(=O)N(c2nc3ccc(C(C)C)cc3s2)C1c1ccccn1. The van der Waals surface area contributed by atoms with Gasteiger partial charge in [0.05, 0.1) is 21.5 Å². The predicted molar refractivity (Wildman–Crippen MR) is 122 cm³/mol. The standard InChI is InChI=1S/C24H25N3O3S/c1-13(2)11-18(28)20-21(17-7-5-6-10-25-17)27(23(30)22(20)29)24-26-16-9-8-15(14(3)4)12-19(16)31-24/h5-10,12-14,21,29H,11H2,1-4H3. The van der Waals surface area contributed by atoms with Crippen LogP contribution in [-0.2, 0) is 9.59 Å². The summed E-state index contributed by atoms with van der Waals surface area (Å²) in [6.07, 6.45) is 1.85. The highest BCUT2D eigenvalue weighted by Gasteiger charge is 2.46. The summed E-state index contributed by atoms with van der Waals surface area (Å²) in [6.45, 7) is 8.11. The number of thiazole rings is 1. The molecule has 1 unspecified atom stereocenters. The van der Waals surface area contributed by atoms with Crippen molar-refractivity contribution >= 4 is 38.4 Å². The van der Waals surface area contributed by atoms with Crippen molar-refractivity contribution in [1.29, 1.82) is 0 Å². The number of anilines is 1. The first-order valence-corrected chi connectivity index (χ1v) is 11.2. The summed E-state index contributed by atoms with van der Waals surface area (Å²) in [4.78, 5) is 36.6. The van der Waals surface area contributed by atoms with Gasteiger partial charge in [-0.25, -0.2) is 4.98 Å². The third-order valence-corrected chi connectivity index (χ3v) is 6.36. The van der Waals surface area contributed by atoms with Crippen molar-refractivity contribution in [3.63, 3.8) is 0 Å². The molecule has 31 heavy (non-hydrogen) atoms. The number of fused-ring (bicyclic) bond motifs is 1. The predicted octanol–water partition coefficient (Wildman–Crippen LogP) is 5.33. The third kappa shape index (κ3) is 3.85. The van der Waals surface area contributed by atoms with E-state index in [1.54, 1.807) is 24.4 Å². The first kappa shape index (κ1) is 21.2. The maximum atomic E-state index is 13.1. The Morgan fingerprint density at radius 3 is 2.61 bits per heavy atom. The molecule has 160 valence electrons. The summed E-state index contributed by atoms with van der Waals surface area (Å²) < 4.78 is 0.954. The van der Waals surface area contributed by atoms with Crippen molar-refractivity contribution in [2.75, 3.05) is 4.90 Å². The molecular formula is C24H25N3O3S. The van der Waals surface area contributed by atoms with E-state index in [2.05, 4.69) is 29.9 Å². The van der Waals surface area contributed by atoms with Crippen LogP contribution in [0.25, 0.3) is 10.2 Å². The average Bonchev–Trinajstić information content (AvgIpc) is 3.26. The first-order valence-electron chi connectivity index (χ1n) is 10.4. The fraction of sp³-hybridized carbons (Fsp3) is 0.333. The lowest BCUT2D eigenvalue weighted by atomic mass is 9.94. The number of benzene rings is 1. The van der Waals surface area contributed by atoms with Crippen molar-refractivity contribution in [1.82, 2.24) is 9.97 Å². The minimum Gasteiger partial charge on any atom is -0.503 e. The Balaban J connectivity index is 1.84. The average molecular weight is 436 g/mol. The zero-order valence-corrected chi connectivity index (χ0v) is 18.8. The Kier molecular flexibility index (Phi) is 5.62. The zero-order valence-electron chi connectivity index (χ0n) is 18.0. The number of carbonyl (C=O) groups excluding carboxylic acids is 2. The summed E-state index contributed by atoms with van der Waals surface area (Å²) in [5.41, 5.74) is 2.58. The summed E-state index contributed by atoms with van der Waals surface area (Å²) in [5, 5.41) is 11.2. The Labute approximate surface area is 185 Å². The maximum Gasteiger partial charge on any atom is 0.296 e. The molecular weight excluding hydrogens is 410 g/mol. The minimum atomic E-state index is -0.801. The van der Waals surface area contributed by atoms with Crippen molar-refractivity contribution in [3.8, 4) is 0 Å². The summed E-state index contributed by atoms with van der Waals surface area (Å²) in [6, 6.07) is 10.6. The van der Waals surface area contributed by atoms with Crippen LogP contribution in [0.3, 0.4) is 0 Å². The lowest BCUT2D eigenvalue weighted by Crippen LogP contribution is -2.31. The molecule has 0 spiro atoms. The highest BCUT2D eigenvalue weighted by molar-refractivity contribution is 7.22. The molecule has 0 bridgehead atoms. The first-order chi connectivity index (χ1) is 14.8. The van der Waals surface area contributed by atoms with Crippen molar-refractivity contribution in [2.45, 2.75) is 46.1 Å². The lowest BCUT2D eigenvalue weighted by Gasteiger charge is -2.23. The Morgan fingerprint density at radius 2 is 1.97 bits per heavy atom. The molecule has 1 aliphatic heterocycles. The smallest absolute Gasteiger partial charge is 0.296 e. The van der Waals surface area contributed by atoms with Gasteiger partial charge in [0.15, 0.2) is 16.7 Å². The van der Waals surface area contributed by atoms with Crippen LogP contribution in [0.1, 0.15) is 57.3 Å². The van der Waals surface area contributed by atoms with Crippen LogP contribution < -0.4 is 4.90 Å². The molecule has 1 aliphatic rings. The lowest BCUT2D eigenvalue weighted by molar-refractivity contribution is -0.118. The molecule has 0 saturated carbocycles. The van der Waals surface area contributed by atoms with Gasteiger partial charge in [-0.1, -0.05) is 51.2 Å². The van der Waals surface area contributed by atoms with Gasteiger partial charge in [0.2, 0.25) is 0 Å². The van der Waals surface area contributed by atoms with Crippen molar-refractivity contribution in [2.24, 2.45) is 5.92 Å². The zero-order chi connectivity index (χ0) is 22.3. The van der Waals surface area contributed by atoms with E-state index >= 15 is 0 Å². The molecule has 0 saturated heterocycles. The van der Waals surface area contributed by atoms with E-state index in [1.165, 1.54) is 21.8 Å². The fourth-order valence-electron chi connectivity index (χ4n) is 3.78. The number of amides is 1. The van der Waals surface area contributed by atoms with Crippen LogP contribution in [-0.4, -0.2) is 26.8 Å². The number of hydrogen-bond acceptors (Lipinski definition) is 6. The summed E-state index contributed by atoms with van der Waals surface area (Å²) in [5.74, 6) is -0.912. The maximum absolute atomic E-state index is 13.1. The highest BCUT2D eigenvalue weighted by atomic mass is 32.1. The van der Waals surface area contributed by atoms with Crippen LogP contribution in [0.5, 0.6) is 0 Å². The molecule has 2 aromatic heterocycles. The number of aliphatic hydroxyl groups excluding tert-OH is 1. The number of Topliss-reactive ketones (excluding diaryl/α,β-unsaturated/α-hetero) is 1. The molecule has 0 fully saturated rings. The highest BCUT2D eigenvalue weighted by Crippen LogP contribution is 2.43. The van der Waals surface area contributed by atoms with Crippen molar-refractivity contribution < 1.29 is 14.7 Å². The van der Waals surface area contributed by atoms with Crippen LogP contribution in [0, 0.1) is 5.92 Å². The number of pyridine rings is 1. The van der Waals surface area contributed by atoms with Gasteiger partial charge in [-0.05, 0) is 41.7 Å². The number of ketones is 1. The van der Waals surface area contributed by atoms with E-state index in [-0.39, 0.29) is 23.7 Å². The van der Waals surface area contributed by atoms with Crippen molar-refractivity contribution in [3.05, 3.63) is 65.2 Å². The summed E-state index contributed by atoms with van der Waals surface area (Å²) in [7, 11) is 0. The topological polar surface area (TPSA) is 83.4 Å². The quantitative estimate of drug-likeness (QED) is 0.566. The fourth-order valence-corrected chi connectivity index (χ4v) is 4.82. The number of aliphatic hydroxyl groups is 1. The summed E-state index contributed by atoms with van der Waals surface area (Å²) >= 11 is 1.38. The molecule has 0 radical (unpaired) electrons. The van der Waals surface area contributed by atoms with Gasteiger partial charge >= 0.3 is 0 Å². The largest absolute Gasteiger partial charge is 0.503 e. The minimum absolute atomic E-state index is 0.0956. The molecule has 3 aromatic rings. The van der Waals surface area contributed by atoms with Crippen LogP contribution in [0.2, 0.25) is 0 Å². The van der Waals surface area contributed by atoms with E-state index in [0.717, 1.165) is 10.2 Å². The Morgan fingerprint density at radius 1 is 1.19 bits per heavy atom. The Bertz CT molecular complexity index is 1180. The van der Waals surface area contributed by atoms with Gasteiger partial charge in [-0.15, -0.1) is 0 Å². The molecule has 6 nitrogen and oxygen atoms in total. The molecule has 4 rings (SSSR count). The van der Waals surface area contributed by atoms with Gasteiger partial charge in [0.25, 0.3) is 5.91 Å². The molecule has 1 N–H and O–H groups in total. The van der Waals surface area contributed by atoms with E-state index in [0.29, 0.717) is 16.7 Å². The number of hydrogen-bond donors (Lipinski definition) is 1. The van der Waals surface area contributed by atoms with E-state index < -0.39 is 17.7 Å².